The number of esters is 1. The number of rotatable bonds is 7. The number of carbonyl (C=O) groups is 1. The minimum Gasteiger partial charge on any atom is -0.489 e. The molecule has 4 heteroatoms. The van der Waals surface area contributed by atoms with E-state index in [1.165, 1.54) is 0 Å². The lowest BCUT2D eigenvalue weighted by molar-refractivity contribution is -0.425. The van der Waals surface area contributed by atoms with Crippen LogP contribution in [0, 0.1) is 0 Å². The molecule has 0 spiro atoms. The van der Waals surface area contributed by atoms with Crippen LogP contribution in [0.5, 0.6) is 5.75 Å². The molecule has 0 heterocycles. The molecule has 0 aliphatic rings. The summed E-state index contributed by atoms with van der Waals surface area (Å²) in [5, 5.41) is 0. The van der Waals surface area contributed by atoms with Gasteiger partial charge >= 0.3 is 5.97 Å². The highest BCUT2D eigenvalue weighted by Crippen LogP contribution is 2.18. The van der Waals surface area contributed by atoms with Gasteiger partial charge < -0.3 is 15.2 Å². The average molecular weight is 300 g/mol. The Bertz CT molecular complexity index is 581. The normalized spacial score (nSPS) is 11.7. The third-order valence-electron chi connectivity index (χ3n) is 3.32. The summed E-state index contributed by atoms with van der Waals surface area (Å²) in [5.41, 5.74) is 6.14. The van der Waals surface area contributed by atoms with Crippen molar-refractivity contribution < 1.29 is 20.0 Å². The summed E-state index contributed by atoms with van der Waals surface area (Å²) in [6.07, 6.45) is 0.290. The van der Waals surface area contributed by atoms with Crippen molar-refractivity contribution in [3.05, 3.63) is 65.7 Å². The first-order valence-electron chi connectivity index (χ1n) is 7.44. The zero-order valence-electron chi connectivity index (χ0n) is 12.8. The van der Waals surface area contributed by atoms with Crippen LogP contribution in [0.2, 0.25) is 0 Å². The van der Waals surface area contributed by atoms with E-state index in [-0.39, 0.29) is 18.4 Å². The molecule has 1 atom stereocenters. The molecule has 2 aromatic carbocycles. The van der Waals surface area contributed by atoms with Crippen LogP contribution < -0.4 is 10.5 Å². The molecule has 116 valence electrons. The fraction of sp³-hybridized carbons (Fsp3) is 0.278. The van der Waals surface area contributed by atoms with E-state index < -0.39 is 0 Å². The topological polar surface area (TPSA) is 63.2 Å². The highest BCUT2D eigenvalue weighted by Gasteiger charge is 2.15. The first-order valence-corrected chi connectivity index (χ1v) is 7.44. The second-order valence-electron chi connectivity index (χ2n) is 5.05. The summed E-state index contributed by atoms with van der Waals surface area (Å²) >= 11 is 0. The molecule has 2 rings (SSSR count). The van der Waals surface area contributed by atoms with Crippen molar-refractivity contribution in [2.24, 2.45) is 0 Å². The zero-order chi connectivity index (χ0) is 15.8. The number of hydrogen-bond donors (Lipinski definition) is 1. The van der Waals surface area contributed by atoms with E-state index in [0.29, 0.717) is 13.2 Å². The largest absolute Gasteiger partial charge is 0.489 e. The lowest BCUT2D eigenvalue weighted by atomic mass is 10.0. The highest BCUT2D eigenvalue weighted by molar-refractivity contribution is 5.70. The zero-order valence-corrected chi connectivity index (χ0v) is 12.8. The standard InChI is InChI=1S/C18H21NO3/c1-2-21-18(20)12-17(19)15-8-10-16(11-9-15)22-13-14-6-4-3-5-7-14/h3-11,17H,2,12-13,19H2,1H3/p+1/t17-/m0/s1. The van der Waals surface area contributed by atoms with E-state index in [1.54, 1.807) is 6.92 Å². The van der Waals surface area contributed by atoms with E-state index in [0.717, 1.165) is 16.9 Å². The third-order valence-corrected chi connectivity index (χ3v) is 3.32. The van der Waals surface area contributed by atoms with Crippen LogP contribution >= 0.6 is 0 Å². The van der Waals surface area contributed by atoms with Gasteiger partial charge in [-0.25, -0.2) is 0 Å². The maximum absolute atomic E-state index is 11.5. The molecule has 0 amide bonds. The van der Waals surface area contributed by atoms with Crippen LogP contribution in [-0.2, 0) is 16.1 Å². The predicted molar refractivity (Wildman–Crippen MR) is 84.1 cm³/mol. The molecule has 0 fully saturated rings. The molecule has 0 radical (unpaired) electrons. The predicted octanol–water partition coefficient (Wildman–Crippen LogP) is 2.50. The molecule has 3 N–H and O–H groups in total. The molecule has 0 bridgehead atoms. The monoisotopic (exact) mass is 300 g/mol. The summed E-state index contributed by atoms with van der Waals surface area (Å²) in [6.45, 7) is 2.74. The van der Waals surface area contributed by atoms with Crippen molar-refractivity contribution in [3.8, 4) is 5.75 Å². The minimum atomic E-state index is -0.216. The van der Waals surface area contributed by atoms with Gasteiger partial charge in [-0.2, -0.15) is 0 Å². The molecule has 0 aliphatic heterocycles. The van der Waals surface area contributed by atoms with Gasteiger partial charge in [0.2, 0.25) is 0 Å². The number of benzene rings is 2. The molecule has 22 heavy (non-hydrogen) atoms. The Balaban J connectivity index is 1.88. The molecular weight excluding hydrogens is 278 g/mol. The van der Waals surface area contributed by atoms with Crippen molar-refractivity contribution in [1.29, 1.82) is 0 Å². The van der Waals surface area contributed by atoms with Gasteiger partial charge in [0, 0.05) is 5.56 Å². The smallest absolute Gasteiger partial charge is 0.312 e. The second kappa shape index (κ2) is 8.20. The van der Waals surface area contributed by atoms with Crippen LogP contribution in [0.3, 0.4) is 0 Å². The molecule has 0 aromatic heterocycles. The van der Waals surface area contributed by atoms with E-state index in [1.807, 2.05) is 54.6 Å². The Kier molecular flexibility index (Phi) is 5.98. The van der Waals surface area contributed by atoms with E-state index in [2.05, 4.69) is 5.73 Å². The summed E-state index contributed by atoms with van der Waals surface area (Å²) in [4.78, 5) is 11.5. The first kappa shape index (κ1) is 16.0. The van der Waals surface area contributed by atoms with Crippen LogP contribution in [0.4, 0.5) is 0 Å². The third kappa shape index (κ3) is 4.90. The van der Waals surface area contributed by atoms with Crippen LogP contribution in [0.15, 0.2) is 54.6 Å². The Hall–Kier alpha value is -2.33. The Morgan fingerprint density at radius 1 is 1.09 bits per heavy atom. The number of carbonyl (C=O) groups excluding carboxylic acids is 1. The fourth-order valence-electron chi connectivity index (χ4n) is 2.12. The van der Waals surface area contributed by atoms with Crippen molar-refractivity contribution in [3.63, 3.8) is 0 Å². The van der Waals surface area contributed by atoms with E-state index in [4.69, 9.17) is 9.47 Å². The molecule has 0 saturated heterocycles. The van der Waals surface area contributed by atoms with Crippen LogP contribution in [-0.4, -0.2) is 12.6 Å². The van der Waals surface area contributed by atoms with Gasteiger partial charge in [0.1, 0.15) is 24.8 Å². The van der Waals surface area contributed by atoms with E-state index in [9.17, 15) is 4.79 Å². The summed E-state index contributed by atoms with van der Waals surface area (Å²) < 4.78 is 10.7. The molecule has 0 aliphatic carbocycles. The lowest BCUT2D eigenvalue weighted by Crippen LogP contribution is -2.54. The van der Waals surface area contributed by atoms with Crippen molar-refractivity contribution in [1.82, 2.24) is 0 Å². The minimum absolute atomic E-state index is 0.109. The van der Waals surface area contributed by atoms with Crippen molar-refractivity contribution >= 4 is 5.97 Å². The molecule has 4 nitrogen and oxygen atoms in total. The second-order valence-corrected chi connectivity index (χ2v) is 5.05. The molecule has 0 saturated carbocycles. The van der Waals surface area contributed by atoms with Gasteiger partial charge in [0.05, 0.1) is 6.61 Å². The number of quaternary nitrogens is 1. The van der Waals surface area contributed by atoms with Gasteiger partial charge in [0.15, 0.2) is 0 Å². The summed E-state index contributed by atoms with van der Waals surface area (Å²) in [6, 6.07) is 17.6. The average Bonchev–Trinajstić information content (AvgIpc) is 2.54. The summed E-state index contributed by atoms with van der Waals surface area (Å²) in [7, 11) is 0. The van der Waals surface area contributed by atoms with Crippen molar-refractivity contribution in [2.45, 2.75) is 26.0 Å². The maximum atomic E-state index is 11.5. The van der Waals surface area contributed by atoms with Crippen LogP contribution in [0.25, 0.3) is 0 Å². The summed E-state index contributed by atoms with van der Waals surface area (Å²) in [5.74, 6) is 0.586. The molecule has 0 unspecified atom stereocenters. The van der Waals surface area contributed by atoms with Gasteiger partial charge in [-0.1, -0.05) is 30.3 Å². The Morgan fingerprint density at radius 3 is 2.41 bits per heavy atom. The molecule has 2 aromatic rings. The van der Waals surface area contributed by atoms with Gasteiger partial charge in [-0.05, 0) is 36.8 Å². The SMILES string of the molecule is CCOC(=O)C[C@H]([NH3+])c1ccc(OCc2ccccc2)cc1. The van der Waals surface area contributed by atoms with Gasteiger partial charge in [-0.15, -0.1) is 0 Å². The Morgan fingerprint density at radius 2 is 1.77 bits per heavy atom. The van der Waals surface area contributed by atoms with Gasteiger partial charge in [0.25, 0.3) is 0 Å². The fourth-order valence-corrected chi connectivity index (χ4v) is 2.12. The number of ether oxygens (including phenoxy) is 2. The highest BCUT2D eigenvalue weighted by atomic mass is 16.5. The van der Waals surface area contributed by atoms with Crippen LogP contribution in [0.1, 0.15) is 30.5 Å². The van der Waals surface area contributed by atoms with Gasteiger partial charge in [-0.3, -0.25) is 4.79 Å². The first-order chi connectivity index (χ1) is 10.7. The van der Waals surface area contributed by atoms with E-state index >= 15 is 0 Å². The Labute approximate surface area is 130 Å². The maximum Gasteiger partial charge on any atom is 0.312 e. The quantitative estimate of drug-likeness (QED) is 0.799. The lowest BCUT2D eigenvalue weighted by Gasteiger charge is -2.10. The molecular formula is C18H22NO3+. The number of hydrogen-bond acceptors (Lipinski definition) is 3. The van der Waals surface area contributed by atoms with Crippen molar-refractivity contribution in [2.75, 3.05) is 6.61 Å².